The quantitative estimate of drug-likeness (QED) is 0.529. The highest BCUT2D eigenvalue weighted by atomic mass is 16.7. The fraction of sp³-hybridized carbons (Fsp3) is 0.300. The van der Waals surface area contributed by atoms with E-state index < -0.39 is 11.7 Å². The van der Waals surface area contributed by atoms with Crippen molar-refractivity contribution >= 4 is 0 Å². The van der Waals surface area contributed by atoms with Crippen LogP contribution < -0.4 is 9.47 Å². The van der Waals surface area contributed by atoms with Gasteiger partial charge in [0.05, 0.1) is 0 Å². The van der Waals surface area contributed by atoms with Gasteiger partial charge in [-0.25, -0.2) is 0 Å². The molecule has 0 radical (unpaired) electrons. The SMILES string of the molecule is C#C[C@@](O)(c1ccc(OCOC)cc1)[C@@H](O)c1ccc(OCOC)cc1. The third-order valence-corrected chi connectivity index (χ3v) is 3.79. The van der Waals surface area contributed by atoms with Gasteiger partial charge in [-0.2, -0.15) is 0 Å². The Hall–Kier alpha value is -2.56. The lowest BCUT2D eigenvalue weighted by atomic mass is 9.85. The van der Waals surface area contributed by atoms with Crippen LogP contribution in [0.3, 0.4) is 0 Å². The summed E-state index contributed by atoms with van der Waals surface area (Å²) in [5, 5.41) is 21.5. The van der Waals surface area contributed by atoms with E-state index in [1.54, 1.807) is 48.5 Å². The number of methoxy groups -OCH3 is 2. The molecule has 0 saturated heterocycles. The third kappa shape index (κ3) is 4.54. The standard InChI is InChI=1S/C20H22O6/c1-4-20(22,16-7-11-18(12-8-16)26-14-24-3)19(21)15-5-9-17(10-6-15)25-13-23-2/h1,5-12,19,21-22H,13-14H2,2-3H3/t19-,20+/m0/s1. The van der Waals surface area contributed by atoms with Crippen molar-refractivity contribution in [2.75, 3.05) is 27.8 Å². The first-order chi connectivity index (χ1) is 12.5. The first-order valence-corrected chi connectivity index (χ1v) is 7.87. The molecular weight excluding hydrogens is 336 g/mol. The summed E-state index contributed by atoms with van der Waals surface area (Å²) in [6, 6.07) is 13.1. The van der Waals surface area contributed by atoms with Gasteiger partial charge in [0.2, 0.25) is 0 Å². The average molecular weight is 358 g/mol. The monoisotopic (exact) mass is 358 g/mol. The molecule has 138 valence electrons. The molecule has 0 amide bonds. The van der Waals surface area contributed by atoms with Crippen molar-refractivity contribution in [1.82, 2.24) is 0 Å². The Kier molecular flexibility index (Phi) is 7.01. The molecule has 0 bridgehead atoms. The number of hydrogen-bond donors (Lipinski definition) is 2. The Labute approximate surface area is 152 Å². The smallest absolute Gasteiger partial charge is 0.188 e. The van der Waals surface area contributed by atoms with E-state index in [0.717, 1.165) is 0 Å². The molecule has 6 nitrogen and oxygen atoms in total. The number of terminal acetylenes is 1. The Morgan fingerprint density at radius 1 is 0.923 bits per heavy atom. The molecule has 0 heterocycles. The summed E-state index contributed by atoms with van der Waals surface area (Å²) >= 11 is 0. The Morgan fingerprint density at radius 3 is 1.81 bits per heavy atom. The molecule has 0 spiro atoms. The lowest BCUT2D eigenvalue weighted by Gasteiger charge is -2.29. The van der Waals surface area contributed by atoms with Gasteiger partial charge in [-0.1, -0.05) is 30.2 Å². The number of aliphatic hydroxyl groups excluding tert-OH is 1. The van der Waals surface area contributed by atoms with Gasteiger partial charge in [0.25, 0.3) is 0 Å². The van der Waals surface area contributed by atoms with E-state index in [9.17, 15) is 10.2 Å². The van der Waals surface area contributed by atoms with Crippen LogP contribution in [-0.2, 0) is 15.1 Å². The van der Waals surface area contributed by atoms with Gasteiger partial charge in [0.15, 0.2) is 19.2 Å². The van der Waals surface area contributed by atoms with Gasteiger partial charge in [-0.3, -0.25) is 0 Å². The summed E-state index contributed by atoms with van der Waals surface area (Å²) in [6.07, 6.45) is 4.21. The molecule has 0 aliphatic heterocycles. The van der Waals surface area contributed by atoms with Gasteiger partial charge in [0, 0.05) is 14.2 Å². The molecule has 2 rings (SSSR count). The van der Waals surface area contributed by atoms with Crippen LogP contribution in [0.4, 0.5) is 0 Å². The Bertz CT molecular complexity index is 719. The van der Waals surface area contributed by atoms with Crippen molar-refractivity contribution in [3.05, 3.63) is 59.7 Å². The number of aliphatic hydroxyl groups is 2. The van der Waals surface area contributed by atoms with Crippen molar-refractivity contribution < 1.29 is 29.2 Å². The van der Waals surface area contributed by atoms with Crippen LogP contribution in [0.15, 0.2) is 48.5 Å². The minimum absolute atomic E-state index is 0.110. The normalized spacial score (nSPS) is 14.1. The molecule has 2 atom stereocenters. The summed E-state index contributed by atoms with van der Waals surface area (Å²) in [5.74, 6) is 3.43. The summed E-state index contributed by atoms with van der Waals surface area (Å²) in [6.45, 7) is 0.229. The average Bonchev–Trinajstić information content (AvgIpc) is 2.70. The summed E-state index contributed by atoms with van der Waals surface area (Å²) in [4.78, 5) is 0. The highest BCUT2D eigenvalue weighted by Crippen LogP contribution is 2.36. The van der Waals surface area contributed by atoms with Crippen molar-refractivity contribution in [3.8, 4) is 23.8 Å². The van der Waals surface area contributed by atoms with Crippen LogP contribution in [0.5, 0.6) is 11.5 Å². The maximum atomic E-state index is 10.9. The summed E-state index contributed by atoms with van der Waals surface area (Å²) in [5.41, 5.74) is -1.07. The van der Waals surface area contributed by atoms with Crippen LogP contribution >= 0.6 is 0 Å². The second-order valence-electron chi connectivity index (χ2n) is 5.51. The van der Waals surface area contributed by atoms with Crippen LogP contribution in [0.1, 0.15) is 17.2 Å². The van der Waals surface area contributed by atoms with E-state index in [0.29, 0.717) is 22.6 Å². The molecular formula is C20H22O6. The number of benzene rings is 2. The molecule has 0 saturated carbocycles. The maximum Gasteiger partial charge on any atom is 0.188 e. The number of hydrogen-bond acceptors (Lipinski definition) is 6. The minimum Gasteiger partial charge on any atom is -0.468 e. The highest BCUT2D eigenvalue weighted by Gasteiger charge is 2.36. The van der Waals surface area contributed by atoms with Crippen LogP contribution in [0.25, 0.3) is 0 Å². The lowest BCUT2D eigenvalue weighted by Crippen LogP contribution is -2.32. The zero-order valence-electron chi connectivity index (χ0n) is 14.7. The minimum atomic E-state index is -1.89. The Morgan fingerprint density at radius 2 is 1.38 bits per heavy atom. The van der Waals surface area contributed by atoms with E-state index in [-0.39, 0.29) is 13.6 Å². The summed E-state index contributed by atoms with van der Waals surface area (Å²) in [7, 11) is 3.05. The van der Waals surface area contributed by atoms with E-state index in [4.69, 9.17) is 25.4 Å². The van der Waals surface area contributed by atoms with Crippen molar-refractivity contribution in [3.63, 3.8) is 0 Å². The van der Waals surface area contributed by atoms with E-state index >= 15 is 0 Å². The van der Waals surface area contributed by atoms with E-state index in [1.165, 1.54) is 14.2 Å². The number of rotatable bonds is 9. The fourth-order valence-electron chi connectivity index (χ4n) is 2.37. The summed E-state index contributed by atoms with van der Waals surface area (Å²) < 4.78 is 20.3. The van der Waals surface area contributed by atoms with Gasteiger partial charge >= 0.3 is 0 Å². The van der Waals surface area contributed by atoms with Gasteiger partial charge in [-0.15, -0.1) is 6.42 Å². The first-order valence-electron chi connectivity index (χ1n) is 7.87. The molecule has 0 fully saturated rings. The first kappa shape index (κ1) is 19.8. The molecule has 2 aromatic rings. The van der Waals surface area contributed by atoms with E-state index in [2.05, 4.69) is 5.92 Å². The maximum absolute atomic E-state index is 10.9. The highest BCUT2D eigenvalue weighted by molar-refractivity contribution is 5.40. The zero-order valence-corrected chi connectivity index (χ0v) is 14.7. The second-order valence-corrected chi connectivity index (χ2v) is 5.51. The predicted molar refractivity (Wildman–Crippen MR) is 95.6 cm³/mol. The fourth-order valence-corrected chi connectivity index (χ4v) is 2.37. The molecule has 2 aromatic carbocycles. The van der Waals surface area contributed by atoms with E-state index in [1.807, 2.05) is 0 Å². The zero-order chi connectivity index (χ0) is 19.0. The molecule has 0 aromatic heterocycles. The van der Waals surface area contributed by atoms with Crippen molar-refractivity contribution in [2.24, 2.45) is 0 Å². The largest absolute Gasteiger partial charge is 0.468 e. The van der Waals surface area contributed by atoms with Crippen LogP contribution in [-0.4, -0.2) is 38.0 Å². The van der Waals surface area contributed by atoms with Crippen LogP contribution in [0, 0.1) is 12.3 Å². The van der Waals surface area contributed by atoms with Crippen LogP contribution in [0.2, 0.25) is 0 Å². The van der Waals surface area contributed by atoms with Gasteiger partial charge in [-0.05, 0) is 35.4 Å². The van der Waals surface area contributed by atoms with Crippen molar-refractivity contribution in [2.45, 2.75) is 11.7 Å². The molecule has 0 aliphatic carbocycles. The molecule has 0 aliphatic rings. The predicted octanol–water partition coefficient (Wildman–Crippen LogP) is 2.21. The number of ether oxygens (including phenoxy) is 4. The molecule has 0 unspecified atom stereocenters. The molecule has 26 heavy (non-hydrogen) atoms. The molecule has 2 N–H and O–H groups in total. The van der Waals surface area contributed by atoms with Gasteiger partial charge in [0.1, 0.15) is 17.6 Å². The lowest BCUT2D eigenvalue weighted by molar-refractivity contribution is -0.0383. The van der Waals surface area contributed by atoms with Crippen molar-refractivity contribution in [1.29, 1.82) is 0 Å². The second kappa shape index (κ2) is 9.22. The third-order valence-electron chi connectivity index (χ3n) is 3.79. The van der Waals surface area contributed by atoms with Gasteiger partial charge < -0.3 is 29.2 Å². The topological polar surface area (TPSA) is 77.4 Å². The molecule has 6 heteroatoms. The Balaban J connectivity index is 2.20.